The van der Waals surface area contributed by atoms with Gasteiger partial charge in [0, 0.05) is 13.5 Å². The van der Waals surface area contributed by atoms with E-state index in [4.69, 9.17) is 4.74 Å². The van der Waals surface area contributed by atoms with E-state index < -0.39 is 6.10 Å². The van der Waals surface area contributed by atoms with E-state index in [0.29, 0.717) is 0 Å². The molecule has 0 bridgehead atoms. The first kappa shape index (κ1) is 12.6. The highest BCUT2D eigenvalue weighted by molar-refractivity contribution is 5.24. The van der Waals surface area contributed by atoms with Gasteiger partial charge in [-0.2, -0.15) is 0 Å². The Morgan fingerprint density at radius 3 is 2.35 bits per heavy atom. The molecule has 2 heteroatoms. The van der Waals surface area contributed by atoms with Crippen LogP contribution in [0.25, 0.3) is 0 Å². The topological polar surface area (TPSA) is 29.5 Å². The predicted octanol–water partition coefficient (Wildman–Crippen LogP) is 3.24. The largest absolute Gasteiger partial charge is 0.388 e. The summed E-state index contributed by atoms with van der Waals surface area (Å²) in [4.78, 5) is 0. The van der Waals surface area contributed by atoms with Gasteiger partial charge in [-0.05, 0) is 36.8 Å². The molecule has 0 aliphatic heterocycles. The Hall–Kier alpha value is -0.860. The van der Waals surface area contributed by atoms with Crippen molar-refractivity contribution in [1.82, 2.24) is 0 Å². The summed E-state index contributed by atoms with van der Waals surface area (Å²) >= 11 is 0. The van der Waals surface area contributed by atoms with E-state index in [1.165, 1.54) is 12.0 Å². The molecule has 94 valence electrons. The van der Waals surface area contributed by atoms with Gasteiger partial charge < -0.3 is 9.84 Å². The Labute approximate surface area is 104 Å². The van der Waals surface area contributed by atoms with Gasteiger partial charge in [0.1, 0.15) is 0 Å². The summed E-state index contributed by atoms with van der Waals surface area (Å²) in [6.07, 6.45) is 4.73. The third kappa shape index (κ3) is 2.70. The molecular weight excluding hydrogens is 212 g/mol. The summed E-state index contributed by atoms with van der Waals surface area (Å²) in [7, 11) is 1.76. The zero-order valence-corrected chi connectivity index (χ0v) is 10.8. The summed E-state index contributed by atoms with van der Waals surface area (Å²) in [5.74, 6) is 0. The molecular formula is C15H22O2. The Morgan fingerprint density at radius 2 is 1.94 bits per heavy atom. The minimum Gasteiger partial charge on any atom is -0.388 e. The molecule has 0 amide bonds. The number of methoxy groups -OCH3 is 1. The average molecular weight is 234 g/mol. The van der Waals surface area contributed by atoms with E-state index in [1.807, 2.05) is 12.1 Å². The number of aliphatic hydroxyl groups is 1. The van der Waals surface area contributed by atoms with Crippen molar-refractivity contribution in [3.8, 4) is 0 Å². The zero-order valence-electron chi connectivity index (χ0n) is 10.8. The van der Waals surface area contributed by atoms with Gasteiger partial charge in [0.15, 0.2) is 0 Å². The number of hydrogen-bond donors (Lipinski definition) is 1. The third-order valence-electron chi connectivity index (χ3n) is 4.04. The molecule has 2 nitrogen and oxygen atoms in total. The first-order valence-corrected chi connectivity index (χ1v) is 6.51. The van der Waals surface area contributed by atoms with E-state index in [-0.39, 0.29) is 5.60 Å². The van der Waals surface area contributed by atoms with E-state index in [9.17, 15) is 5.11 Å². The van der Waals surface area contributed by atoms with E-state index in [2.05, 4.69) is 19.1 Å². The van der Waals surface area contributed by atoms with Gasteiger partial charge in [-0.3, -0.25) is 0 Å². The molecule has 1 aromatic rings. The first-order valence-electron chi connectivity index (χ1n) is 6.51. The maximum atomic E-state index is 10.2. The number of ether oxygens (including phenoxy) is 1. The second-order valence-corrected chi connectivity index (χ2v) is 5.06. The lowest BCUT2D eigenvalue weighted by atomic mass is 9.75. The number of aliphatic hydroxyl groups excluding tert-OH is 1. The average Bonchev–Trinajstić information content (AvgIpc) is 2.33. The van der Waals surface area contributed by atoms with Crippen molar-refractivity contribution in [1.29, 1.82) is 0 Å². The monoisotopic (exact) mass is 234 g/mol. The molecule has 0 saturated heterocycles. The van der Waals surface area contributed by atoms with Gasteiger partial charge >= 0.3 is 0 Å². The van der Waals surface area contributed by atoms with E-state index >= 15 is 0 Å². The van der Waals surface area contributed by atoms with Gasteiger partial charge in [-0.1, -0.05) is 31.2 Å². The van der Waals surface area contributed by atoms with Gasteiger partial charge in [0.25, 0.3) is 0 Å². The fourth-order valence-corrected chi connectivity index (χ4v) is 2.51. The molecule has 1 fully saturated rings. The predicted molar refractivity (Wildman–Crippen MR) is 69.0 cm³/mol. The normalized spacial score (nSPS) is 19.7. The van der Waals surface area contributed by atoms with Crippen molar-refractivity contribution in [2.24, 2.45) is 0 Å². The molecule has 0 spiro atoms. The van der Waals surface area contributed by atoms with Gasteiger partial charge in [0.2, 0.25) is 0 Å². The van der Waals surface area contributed by atoms with Crippen molar-refractivity contribution in [2.45, 2.75) is 50.7 Å². The molecule has 2 rings (SSSR count). The van der Waals surface area contributed by atoms with Crippen molar-refractivity contribution in [3.05, 3.63) is 35.4 Å². The third-order valence-corrected chi connectivity index (χ3v) is 4.04. The molecule has 1 aliphatic carbocycles. The van der Waals surface area contributed by atoms with Crippen molar-refractivity contribution in [2.75, 3.05) is 7.11 Å². The lowest BCUT2D eigenvalue weighted by molar-refractivity contribution is -0.0999. The van der Waals surface area contributed by atoms with Gasteiger partial charge in [-0.25, -0.2) is 0 Å². The molecule has 1 unspecified atom stereocenters. The Morgan fingerprint density at radius 1 is 1.29 bits per heavy atom. The second kappa shape index (κ2) is 5.19. The second-order valence-electron chi connectivity index (χ2n) is 5.06. The van der Waals surface area contributed by atoms with Crippen molar-refractivity contribution in [3.63, 3.8) is 0 Å². The number of benzene rings is 1. The Kier molecular flexibility index (Phi) is 3.85. The SMILES string of the molecule is CCc1ccc(C(O)CC2(OC)CCC2)cc1. The molecule has 0 radical (unpaired) electrons. The summed E-state index contributed by atoms with van der Waals surface area (Å²) in [6.45, 7) is 2.14. The molecule has 0 heterocycles. The maximum absolute atomic E-state index is 10.2. The quantitative estimate of drug-likeness (QED) is 0.847. The number of hydrogen-bond acceptors (Lipinski definition) is 2. The van der Waals surface area contributed by atoms with E-state index in [1.54, 1.807) is 7.11 Å². The zero-order chi connectivity index (χ0) is 12.3. The molecule has 1 saturated carbocycles. The van der Waals surface area contributed by atoms with E-state index in [0.717, 1.165) is 31.2 Å². The van der Waals surface area contributed by atoms with Crippen LogP contribution >= 0.6 is 0 Å². The lowest BCUT2D eigenvalue weighted by Crippen LogP contribution is -2.40. The van der Waals surface area contributed by atoms with Crippen LogP contribution in [0, 0.1) is 0 Å². The van der Waals surface area contributed by atoms with Gasteiger partial charge in [0.05, 0.1) is 11.7 Å². The fourth-order valence-electron chi connectivity index (χ4n) is 2.51. The number of aryl methyl sites for hydroxylation is 1. The summed E-state index contributed by atoms with van der Waals surface area (Å²) in [6, 6.07) is 8.26. The van der Waals surface area contributed by atoms with Crippen LogP contribution in [0.15, 0.2) is 24.3 Å². The smallest absolute Gasteiger partial charge is 0.0817 e. The molecule has 0 aromatic heterocycles. The highest BCUT2D eigenvalue weighted by Gasteiger charge is 2.38. The Balaban J connectivity index is 2.01. The number of rotatable bonds is 5. The van der Waals surface area contributed by atoms with Crippen LogP contribution in [0.2, 0.25) is 0 Å². The fraction of sp³-hybridized carbons (Fsp3) is 0.600. The van der Waals surface area contributed by atoms with Crippen LogP contribution in [0.5, 0.6) is 0 Å². The summed E-state index contributed by atoms with van der Waals surface area (Å²) < 4.78 is 5.55. The highest BCUT2D eigenvalue weighted by Crippen LogP contribution is 2.41. The summed E-state index contributed by atoms with van der Waals surface area (Å²) in [5.41, 5.74) is 2.25. The lowest BCUT2D eigenvalue weighted by Gasteiger charge is -2.41. The molecule has 1 N–H and O–H groups in total. The maximum Gasteiger partial charge on any atom is 0.0817 e. The highest BCUT2D eigenvalue weighted by atomic mass is 16.5. The minimum atomic E-state index is -0.402. The summed E-state index contributed by atoms with van der Waals surface area (Å²) in [5, 5.41) is 10.2. The van der Waals surface area contributed by atoms with Crippen molar-refractivity contribution >= 4 is 0 Å². The first-order chi connectivity index (χ1) is 8.19. The van der Waals surface area contributed by atoms with Crippen LogP contribution in [0.3, 0.4) is 0 Å². The van der Waals surface area contributed by atoms with Gasteiger partial charge in [-0.15, -0.1) is 0 Å². The van der Waals surface area contributed by atoms with Crippen LogP contribution in [0.4, 0.5) is 0 Å². The molecule has 17 heavy (non-hydrogen) atoms. The van der Waals surface area contributed by atoms with Crippen LogP contribution in [-0.4, -0.2) is 17.8 Å². The van der Waals surface area contributed by atoms with Crippen LogP contribution in [0.1, 0.15) is 49.8 Å². The van der Waals surface area contributed by atoms with Crippen LogP contribution in [-0.2, 0) is 11.2 Å². The molecule has 1 aliphatic rings. The standard InChI is InChI=1S/C15H22O2/c1-3-12-5-7-13(8-6-12)14(16)11-15(17-2)9-4-10-15/h5-8,14,16H,3-4,9-11H2,1-2H3. The van der Waals surface area contributed by atoms with Crippen LogP contribution < -0.4 is 0 Å². The molecule has 1 atom stereocenters. The van der Waals surface area contributed by atoms with Crippen molar-refractivity contribution < 1.29 is 9.84 Å². The minimum absolute atomic E-state index is 0.0666. The molecule has 1 aromatic carbocycles. The Bertz CT molecular complexity index is 346.